The predicted octanol–water partition coefficient (Wildman–Crippen LogP) is 2.00. The standard InChI is InChI=1S/C17H30N2O3/c1-12-5-3-7-15(13(12)2)19-17(21)9-8-16(20)18-11-14-6-4-10-22-14/h12-15H,3-11H2,1-2H3,(H,18,20)(H,19,21)/t12-,13-,14+,15-/m1/s1. The Morgan fingerprint density at radius 2 is 1.82 bits per heavy atom. The zero-order valence-corrected chi connectivity index (χ0v) is 13.9. The molecular weight excluding hydrogens is 280 g/mol. The van der Waals surface area contributed by atoms with Crippen LogP contribution in [0.4, 0.5) is 0 Å². The van der Waals surface area contributed by atoms with Crippen molar-refractivity contribution in [2.24, 2.45) is 11.8 Å². The second-order valence-corrected chi connectivity index (χ2v) is 6.88. The number of hydrogen-bond donors (Lipinski definition) is 2. The fourth-order valence-electron chi connectivity index (χ4n) is 3.41. The number of carbonyl (C=O) groups excluding carboxylic acids is 2. The average Bonchev–Trinajstić information content (AvgIpc) is 3.01. The van der Waals surface area contributed by atoms with Crippen molar-refractivity contribution in [3.63, 3.8) is 0 Å². The molecule has 4 atom stereocenters. The van der Waals surface area contributed by atoms with E-state index in [-0.39, 0.29) is 36.8 Å². The summed E-state index contributed by atoms with van der Waals surface area (Å²) < 4.78 is 5.46. The smallest absolute Gasteiger partial charge is 0.220 e. The summed E-state index contributed by atoms with van der Waals surface area (Å²) in [7, 11) is 0. The molecule has 2 rings (SSSR count). The van der Waals surface area contributed by atoms with E-state index in [9.17, 15) is 9.59 Å². The molecule has 126 valence electrons. The summed E-state index contributed by atoms with van der Waals surface area (Å²) in [5, 5.41) is 5.96. The molecule has 0 aromatic rings. The van der Waals surface area contributed by atoms with Crippen molar-refractivity contribution in [3.05, 3.63) is 0 Å². The minimum atomic E-state index is -0.0595. The van der Waals surface area contributed by atoms with Crippen molar-refractivity contribution in [2.75, 3.05) is 13.2 Å². The zero-order chi connectivity index (χ0) is 15.9. The van der Waals surface area contributed by atoms with Crippen LogP contribution in [-0.4, -0.2) is 37.1 Å². The van der Waals surface area contributed by atoms with Crippen molar-refractivity contribution in [1.82, 2.24) is 10.6 Å². The minimum absolute atomic E-state index is 0.00165. The largest absolute Gasteiger partial charge is 0.376 e. The number of hydrogen-bond acceptors (Lipinski definition) is 3. The quantitative estimate of drug-likeness (QED) is 0.788. The molecule has 5 nitrogen and oxygen atoms in total. The van der Waals surface area contributed by atoms with Gasteiger partial charge in [-0.05, 0) is 31.1 Å². The Labute approximate surface area is 133 Å². The molecule has 2 fully saturated rings. The van der Waals surface area contributed by atoms with Crippen LogP contribution in [0.3, 0.4) is 0 Å². The van der Waals surface area contributed by atoms with Crippen LogP contribution >= 0.6 is 0 Å². The van der Waals surface area contributed by atoms with E-state index >= 15 is 0 Å². The predicted molar refractivity (Wildman–Crippen MR) is 85.3 cm³/mol. The highest BCUT2D eigenvalue weighted by molar-refractivity contribution is 5.83. The maximum Gasteiger partial charge on any atom is 0.220 e. The van der Waals surface area contributed by atoms with Gasteiger partial charge >= 0.3 is 0 Å². The number of nitrogens with one attached hydrogen (secondary N) is 2. The first-order valence-corrected chi connectivity index (χ1v) is 8.74. The third kappa shape index (κ3) is 5.27. The van der Waals surface area contributed by atoms with Crippen LogP contribution in [-0.2, 0) is 14.3 Å². The zero-order valence-electron chi connectivity index (χ0n) is 13.9. The number of carbonyl (C=O) groups is 2. The summed E-state index contributed by atoms with van der Waals surface area (Å²) in [4.78, 5) is 23.8. The molecule has 2 amide bonds. The molecule has 2 N–H and O–H groups in total. The summed E-state index contributed by atoms with van der Waals surface area (Å²) in [6.45, 7) is 5.82. The molecule has 1 heterocycles. The van der Waals surface area contributed by atoms with Crippen LogP contribution in [0.15, 0.2) is 0 Å². The van der Waals surface area contributed by atoms with E-state index < -0.39 is 0 Å². The Kier molecular flexibility index (Phi) is 6.68. The molecule has 0 spiro atoms. The molecule has 2 aliphatic rings. The van der Waals surface area contributed by atoms with Crippen LogP contribution in [0.1, 0.15) is 58.8 Å². The lowest BCUT2D eigenvalue weighted by Crippen LogP contribution is -2.44. The molecule has 22 heavy (non-hydrogen) atoms. The topological polar surface area (TPSA) is 67.4 Å². The van der Waals surface area contributed by atoms with Gasteiger partial charge in [0.1, 0.15) is 0 Å². The van der Waals surface area contributed by atoms with Gasteiger partial charge in [0.25, 0.3) is 0 Å². The first-order chi connectivity index (χ1) is 10.6. The van der Waals surface area contributed by atoms with Crippen LogP contribution in [0, 0.1) is 11.8 Å². The highest BCUT2D eigenvalue weighted by atomic mass is 16.5. The van der Waals surface area contributed by atoms with Gasteiger partial charge < -0.3 is 15.4 Å². The molecule has 1 aliphatic carbocycles. The van der Waals surface area contributed by atoms with E-state index in [0.29, 0.717) is 18.4 Å². The molecule has 0 bridgehead atoms. The summed E-state index contributed by atoms with van der Waals surface area (Å²) in [5.74, 6) is 1.12. The second-order valence-electron chi connectivity index (χ2n) is 6.88. The second kappa shape index (κ2) is 8.51. The normalized spacial score (nSPS) is 31.7. The van der Waals surface area contributed by atoms with Gasteiger partial charge in [0.15, 0.2) is 0 Å². The average molecular weight is 310 g/mol. The molecule has 0 unspecified atom stereocenters. The number of amides is 2. The lowest BCUT2D eigenvalue weighted by atomic mass is 9.78. The van der Waals surface area contributed by atoms with Crippen molar-refractivity contribution >= 4 is 11.8 Å². The number of rotatable bonds is 6. The van der Waals surface area contributed by atoms with Gasteiger partial charge in [-0.25, -0.2) is 0 Å². The van der Waals surface area contributed by atoms with Gasteiger partial charge in [-0.1, -0.05) is 26.7 Å². The van der Waals surface area contributed by atoms with Crippen molar-refractivity contribution < 1.29 is 14.3 Å². The fraction of sp³-hybridized carbons (Fsp3) is 0.882. The third-order valence-electron chi connectivity index (χ3n) is 5.18. The van der Waals surface area contributed by atoms with E-state index in [1.165, 1.54) is 12.8 Å². The van der Waals surface area contributed by atoms with Gasteiger partial charge in [-0.15, -0.1) is 0 Å². The Morgan fingerprint density at radius 1 is 1.05 bits per heavy atom. The lowest BCUT2D eigenvalue weighted by molar-refractivity contribution is -0.127. The summed E-state index contributed by atoms with van der Waals surface area (Å²) in [5.41, 5.74) is 0. The minimum Gasteiger partial charge on any atom is -0.376 e. The highest BCUT2D eigenvalue weighted by Crippen LogP contribution is 2.29. The van der Waals surface area contributed by atoms with Gasteiger partial charge in [-0.3, -0.25) is 9.59 Å². The molecule has 1 saturated heterocycles. The Balaban J connectivity index is 1.61. The number of ether oxygens (including phenoxy) is 1. The maximum atomic E-state index is 12.0. The van der Waals surface area contributed by atoms with Gasteiger partial charge in [0.2, 0.25) is 11.8 Å². The van der Waals surface area contributed by atoms with Crippen LogP contribution < -0.4 is 10.6 Å². The van der Waals surface area contributed by atoms with Crippen molar-refractivity contribution in [1.29, 1.82) is 0 Å². The lowest BCUT2D eigenvalue weighted by Gasteiger charge is -2.34. The Hall–Kier alpha value is -1.10. The fourth-order valence-corrected chi connectivity index (χ4v) is 3.41. The molecule has 0 aromatic heterocycles. The van der Waals surface area contributed by atoms with Crippen LogP contribution in [0.25, 0.3) is 0 Å². The molecule has 1 aliphatic heterocycles. The third-order valence-corrected chi connectivity index (χ3v) is 5.18. The van der Waals surface area contributed by atoms with E-state index in [2.05, 4.69) is 24.5 Å². The SMILES string of the molecule is C[C@@H]1[C@H](C)CCC[C@H]1NC(=O)CCC(=O)NC[C@@H]1CCCO1. The Bertz CT molecular complexity index is 380. The van der Waals surface area contributed by atoms with Gasteiger partial charge in [0.05, 0.1) is 6.10 Å². The van der Waals surface area contributed by atoms with E-state index in [0.717, 1.165) is 25.9 Å². The summed E-state index contributed by atoms with van der Waals surface area (Å²) in [6, 6.07) is 0.270. The van der Waals surface area contributed by atoms with E-state index in [1.54, 1.807) is 0 Å². The highest BCUT2D eigenvalue weighted by Gasteiger charge is 2.28. The summed E-state index contributed by atoms with van der Waals surface area (Å²) in [6.07, 6.45) is 6.26. The maximum absolute atomic E-state index is 12.0. The first kappa shape index (κ1) is 17.3. The van der Waals surface area contributed by atoms with Gasteiger partial charge in [-0.2, -0.15) is 0 Å². The van der Waals surface area contributed by atoms with Crippen molar-refractivity contribution in [3.8, 4) is 0 Å². The molecule has 0 aromatic carbocycles. The van der Waals surface area contributed by atoms with Crippen LogP contribution in [0.2, 0.25) is 0 Å². The molecule has 0 radical (unpaired) electrons. The van der Waals surface area contributed by atoms with Gasteiger partial charge in [0, 0.05) is 32.0 Å². The summed E-state index contributed by atoms with van der Waals surface area (Å²) >= 11 is 0. The monoisotopic (exact) mass is 310 g/mol. The Morgan fingerprint density at radius 3 is 2.55 bits per heavy atom. The van der Waals surface area contributed by atoms with Crippen molar-refractivity contribution in [2.45, 2.75) is 70.9 Å². The molecule has 1 saturated carbocycles. The molecular formula is C17H30N2O3. The van der Waals surface area contributed by atoms with E-state index in [1.807, 2.05) is 0 Å². The van der Waals surface area contributed by atoms with Crippen LogP contribution in [0.5, 0.6) is 0 Å². The first-order valence-electron chi connectivity index (χ1n) is 8.74. The molecule has 5 heteroatoms. The van der Waals surface area contributed by atoms with E-state index in [4.69, 9.17) is 4.74 Å².